The molecule has 2 nitrogen and oxygen atoms in total. The Morgan fingerprint density at radius 1 is 1.06 bits per heavy atom. The van der Waals surface area contributed by atoms with Crippen LogP contribution in [0.15, 0.2) is 47.1 Å². The van der Waals surface area contributed by atoms with Gasteiger partial charge in [0.05, 0.1) is 12.8 Å². The maximum Gasteiger partial charge on any atom is 0.117 e. The summed E-state index contributed by atoms with van der Waals surface area (Å²) in [6.45, 7) is 3.79. The van der Waals surface area contributed by atoms with Gasteiger partial charge in [0.2, 0.25) is 0 Å². The molecule has 1 aromatic heterocycles. The summed E-state index contributed by atoms with van der Waals surface area (Å²) in [6.07, 6.45) is 1.70. The molecule has 0 saturated carbocycles. The molecule has 16 heavy (non-hydrogen) atoms. The van der Waals surface area contributed by atoms with Gasteiger partial charge in [-0.25, -0.2) is 0 Å². The first-order valence-electron chi connectivity index (χ1n) is 5.14. The standard InChI is InChI=1S/C13H15NO.ClH/c1-11-5-2-3-6-12(11)9-14-10-13-7-4-8-15-13;/h2-8,14H,9-10H2,1H3;1H/p-1. The lowest BCUT2D eigenvalue weighted by Crippen LogP contribution is -3.00. The van der Waals surface area contributed by atoms with E-state index in [1.807, 2.05) is 12.1 Å². The summed E-state index contributed by atoms with van der Waals surface area (Å²) in [5.74, 6) is 0.976. The Bertz CT molecular complexity index is 412. The van der Waals surface area contributed by atoms with Crippen LogP contribution in [0.2, 0.25) is 0 Å². The molecule has 0 atom stereocenters. The van der Waals surface area contributed by atoms with Crippen LogP contribution >= 0.6 is 0 Å². The van der Waals surface area contributed by atoms with Crippen LogP contribution < -0.4 is 17.7 Å². The van der Waals surface area contributed by atoms with Crippen molar-refractivity contribution in [1.29, 1.82) is 0 Å². The minimum atomic E-state index is 0. The van der Waals surface area contributed by atoms with E-state index in [0.29, 0.717) is 0 Å². The Labute approximate surface area is 102 Å². The summed E-state index contributed by atoms with van der Waals surface area (Å²) >= 11 is 0. The molecule has 0 bridgehead atoms. The highest BCUT2D eigenvalue weighted by Gasteiger charge is 1.97. The molecule has 0 saturated heterocycles. The van der Waals surface area contributed by atoms with Crippen molar-refractivity contribution >= 4 is 0 Å². The van der Waals surface area contributed by atoms with Gasteiger partial charge in [0.1, 0.15) is 5.76 Å². The average molecular weight is 237 g/mol. The Morgan fingerprint density at radius 3 is 2.56 bits per heavy atom. The largest absolute Gasteiger partial charge is 1.00 e. The maximum atomic E-state index is 5.24. The molecule has 1 heterocycles. The van der Waals surface area contributed by atoms with Crippen LogP contribution in [-0.4, -0.2) is 0 Å². The molecular formula is C13H15ClNO-. The molecule has 2 aromatic rings. The second kappa shape index (κ2) is 6.36. The predicted octanol–water partition coefficient (Wildman–Crippen LogP) is -0.118. The molecule has 0 spiro atoms. The molecule has 1 N–H and O–H groups in total. The fraction of sp³-hybridized carbons (Fsp3) is 0.231. The fourth-order valence-electron chi connectivity index (χ4n) is 1.54. The van der Waals surface area contributed by atoms with Crippen LogP contribution in [0, 0.1) is 6.92 Å². The van der Waals surface area contributed by atoms with Gasteiger partial charge in [-0.1, -0.05) is 24.3 Å². The summed E-state index contributed by atoms with van der Waals surface area (Å²) in [5, 5.41) is 3.35. The molecular weight excluding hydrogens is 222 g/mol. The van der Waals surface area contributed by atoms with Gasteiger partial charge in [0.25, 0.3) is 0 Å². The Hall–Kier alpha value is -1.25. The number of nitrogens with one attached hydrogen (secondary N) is 1. The van der Waals surface area contributed by atoms with E-state index in [9.17, 15) is 0 Å². The van der Waals surface area contributed by atoms with E-state index in [0.717, 1.165) is 18.8 Å². The second-order valence-corrected chi connectivity index (χ2v) is 3.61. The number of hydrogen-bond acceptors (Lipinski definition) is 2. The number of aryl methyl sites for hydroxylation is 1. The summed E-state index contributed by atoms with van der Waals surface area (Å²) in [6, 6.07) is 12.3. The third-order valence-electron chi connectivity index (χ3n) is 2.46. The molecule has 0 unspecified atom stereocenters. The van der Waals surface area contributed by atoms with Gasteiger partial charge in [-0.2, -0.15) is 0 Å². The highest BCUT2D eigenvalue weighted by molar-refractivity contribution is 5.25. The lowest BCUT2D eigenvalue weighted by atomic mass is 10.1. The summed E-state index contributed by atoms with van der Waals surface area (Å²) in [7, 11) is 0. The van der Waals surface area contributed by atoms with Crippen LogP contribution in [0.1, 0.15) is 16.9 Å². The second-order valence-electron chi connectivity index (χ2n) is 3.61. The van der Waals surface area contributed by atoms with Crippen molar-refractivity contribution in [2.24, 2.45) is 0 Å². The first-order chi connectivity index (χ1) is 7.36. The van der Waals surface area contributed by atoms with E-state index in [2.05, 4.69) is 36.5 Å². The smallest absolute Gasteiger partial charge is 0.117 e. The molecule has 0 radical (unpaired) electrons. The molecule has 3 heteroatoms. The third-order valence-corrected chi connectivity index (χ3v) is 2.46. The van der Waals surface area contributed by atoms with Crippen molar-refractivity contribution in [3.63, 3.8) is 0 Å². The maximum absolute atomic E-state index is 5.24. The first kappa shape index (κ1) is 12.8. The molecule has 0 aliphatic heterocycles. The van der Waals surface area contributed by atoms with Gasteiger partial charge in [-0.3, -0.25) is 0 Å². The quantitative estimate of drug-likeness (QED) is 0.801. The normalized spacial score (nSPS) is 9.81. The fourth-order valence-corrected chi connectivity index (χ4v) is 1.54. The Kier molecular flexibility index (Phi) is 5.09. The van der Waals surface area contributed by atoms with Crippen molar-refractivity contribution in [2.45, 2.75) is 20.0 Å². The van der Waals surface area contributed by atoms with E-state index in [-0.39, 0.29) is 12.4 Å². The molecule has 86 valence electrons. The lowest BCUT2D eigenvalue weighted by molar-refractivity contribution is -0.00000365. The predicted molar refractivity (Wildman–Crippen MR) is 60.4 cm³/mol. The van der Waals surface area contributed by atoms with E-state index in [4.69, 9.17) is 4.42 Å². The molecule has 0 aliphatic rings. The van der Waals surface area contributed by atoms with Gasteiger partial charge >= 0.3 is 0 Å². The molecule has 0 aliphatic carbocycles. The number of hydrogen-bond donors (Lipinski definition) is 1. The first-order valence-corrected chi connectivity index (χ1v) is 5.14. The average Bonchev–Trinajstić information content (AvgIpc) is 2.74. The van der Waals surface area contributed by atoms with Crippen LogP contribution in [0.5, 0.6) is 0 Å². The number of benzene rings is 1. The molecule has 0 amide bonds. The van der Waals surface area contributed by atoms with Crippen LogP contribution in [0.4, 0.5) is 0 Å². The lowest BCUT2D eigenvalue weighted by Gasteiger charge is -2.05. The van der Waals surface area contributed by atoms with E-state index >= 15 is 0 Å². The monoisotopic (exact) mass is 236 g/mol. The van der Waals surface area contributed by atoms with E-state index in [1.54, 1.807) is 6.26 Å². The minimum Gasteiger partial charge on any atom is -1.00 e. The van der Waals surface area contributed by atoms with Gasteiger partial charge in [0.15, 0.2) is 0 Å². The van der Waals surface area contributed by atoms with Gasteiger partial charge in [-0.15, -0.1) is 0 Å². The number of furan rings is 1. The molecule has 2 rings (SSSR count). The number of halogens is 1. The molecule has 1 aromatic carbocycles. The zero-order valence-corrected chi connectivity index (χ0v) is 10.00. The van der Waals surface area contributed by atoms with Gasteiger partial charge in [-0.05, 0) is 30.2 Å². The molecule has 0 fully saturated rings. The van der Waals surface area contributed by atoms with Crippen LogP contribution in [-0.2, 0) is 13.1 Å². The van der Waals surface area contributed by atoms with Crippen molar-refractivity contribution in [1.82, 2.24) is 5.32 Å². The van der Waals surface area contributed by atoms with Crippen LogP contribution in [0.25, 0.3) is 0 Å². The Morgan fingerprint density at radius 2 is 1.88 bits per heavy atom. The Balaban J connectivity index is 0.00000128. The van der Waals surface area contributed by atoms with Gasteiger partial charge in [0, 0.05) is 6.54 Å². The zero-order valence-electron chi connectivity index (χ0n) is 9.24. The van der Waals surface area contributed by atoms with Crippen molar-refractivity contribution in [2.75, 3.05) is 0 Å². The SMILES string of the molecule is Cc1ccccc1CNCc1ccco1.[Cl-]. The summed E-state index contributed by atoms with van der Waals surface area (Å²) < 4.78 is 5.24. The minimum absolute atomic E-state index is 0. The topological polar surface area (TPSA) is 25.2 Å². The number of rotatable bonds is 4. The highest BCUT2D eigenvalue weighted by atomic mass is 35.5. The van der Waals surface area contributed by atoms with E-state index in [1.165, 1.54) is 11.1 Å². The van der Waals surface area contributed by atoms with Gasteiger partial charge < -0.3 is 22.1 Å². The van der Waals surface area contributed by atoms with Crippen LogP contribution in [0.3, 0.4) is 0 Å². The van der Waals surface area contributed by atoms with E-state index < -0.39 is 0 Å². The van der Waals surface area contributed by atoms with Crippen molar-refractivity contribution in [3.05, 3.63) is 59.5 Å². The van der Waals surface area contributed by atoms with Crippen molar-refractivity contribution in [3.8, 4) is 0 Å². The summed E-state index contributed by atoms with van der Waals surface area (Å²) in [5.41, 5.74) is 2.66. The van der Waals surface area contributed by atoms with Crippen molar-refractivity contribution < 1.29 is 16.8 Å². The third kappa shape index (κ3) is 3.40. The zero-order chi connectivity index (χ0) is 10.5. The highest BCUT2D eigenvalue weighted by Crippen LogP contribution is 2.07. The summed E-state index contributed by atoms with van der Waals surface area (Å²) in [4.78, 5) is 0.